The van der Waals surface area contributed by atoms with Gasteiger partial charge in [-0.1, -0.05) is 33.8 Å². The Hall–Kier alpha value is -2.42. The van der Waals surface area contributed by atoms with Crippen molar-refractivity contribution in [1.82, 2.24) is 24.9 Å². The Bertz CT molecular complexity index is 705. The predicted octanol–water partition coefficient (Wildman–Crippen LogP) is 0.953. The van der Waals surface area contributed by atoms with Gasteiger partial charge in [0.15, 0.2) is 0 Å². The maximum Gasteiger partial charge on any atom is 0.249 e. The third kappa shape index (κ3) is 8.14. The van der Waals surface area contributed by atoms with E-state index in [1.54, 1.807) is 41.8 Å². The number of likely N-dealkylation sites (N-methyl/N-ethyl adjacent to an activating group) is 3. The lowest BCUT2D eigenvalue weighted by atomic mass is 9.99. The van der Waals surface area contributed by atoms with Crippen LogP contribution in [0.3, 0.4) is 0 Å². The summed E-state index contributed by atoms with van der Waals surface area (Å²) < 4.78 is 0. The second kappa shape index (κ2) is 14.0. The number of amides is 4. The van der Waals surface area contributed by atoms with Gasteiger partial charge in [0.25, 0.3) is 0 Å². The molecule has 0 aliphatic carbocycles. The molecule has 0 bridgehead atoms. The lowest BCUT2D eigenvalue weighted by molar-refractivity contribution is -0.141. The van der Waals surface area contributed by atoms with Gasteiger partial charge in [0.05, 0.1) is 12.6 Å². The second-order valence-corrected chi connectivity index (χ2v) is 9.03. The highest BCUT2D eigenvalue weighted by Crippen LogP contribution is 2.22. The standard InChI is InChI=1S/C24H43N5O4/c1-8-28(9-2)14-13-26(6)24(33)20-11-10-12-29(20)23(32)19(5)15-21(18(3)4)27(7)22(31)16-25-17-30/h15,17-18,20-21H,8-14,16H2,1-7H3,(H,25,30)/t20-,21+/m0/s1. The van der Waals surface area contributed by atoms with Crippen molar-refractivity contribution in [3.05, 3.63) is 11.6 Å². The van der Waals surface area contributed by atoms with E-state index >= 15 is 0 Å². The first-order valence-electron chi connectivity index (χ1n) is 12.0. The zero-order valence-corrected chi connectivity index (χ0v) is 21.5. The zero-order valence-electron chi connectivity index (χ0n) is 21.5. The number of likely N-dealkylation sites (tertiary alicyclic amines) is 1. The number of nitrogens with one attached hydrogen (secondary N) is 1. The Balaban J connectivity index is 2.92. The lowest BCUT2D eigenvalue weighted by Crippen LogP contribution is -2.48. The first-order chi connectivity index (χ1) is 15.6. The average molecular weight is 466 g/mol. The zero-order chi connectivity index (χ0) is 25.1. The molecule has 9 nitrogen and oxygen atoms in total. The van der Waals surface area contributed by atoms with Crippen molar-refractivity contribution in [3.8, 4) is 0 Å². The smallest absolute Gasteiger partial charge is 0.249 e. The number of carbonyl (C=O) groups excluding carboxylic acids is 4. The van der Waals surface area contributed by atoms with Gasteiger partial charge in [0, 0.05) is 39.3 Å². The summed E-state index contributed by atoms with van der Waals surface area (Å²) >= 11 is 0. The minimum Gasteiger partial charge on any atom is -0.350 e. The third-order valence-corrected chi connectivity index (χ3v) is 6.44. The summed E-state index contributed by atoms with van der Waals surface area (Å²) in [6.45, 7) is 13.7. The normalized spacial score (nSPS) is 17.3. The van der Waals surface area contributed by atoms with Gasteiger partial charge >= 0.3 is 0 Å². The fraction of sp³-hybridized carbons (Fsp3) is 0.750. The Morgan fingerprint density at radius 2 is 1.76 bits per heavy atom. The van der Waals surface area contributed by atoms with Gasteiger partial charge in [0.1, 0.15) is 6.04 Å². The molecule has 33 heavy (non-hydrogen) atoms. The van der Waals surface area contributed by atoms with Crippen LogP contribution in [0, 0.1) is 5.92 Å². The topological polar surface area (TPSA) is 93.3 Å². The van der Waals surface area contributed by atoms with E-state index in [1.807, 2.05) is 13.8 Å². The third-order valence-electron chi connectivity index (χ3n) is 6.44. The molecule has 0 aromatic carbocycles. The van der Waals surface area contributed by atoms with Crippen molar-refractivity contribution in [1.29, 1.82) is 0 Å². The largest absolute Gasteiger partial charge is 0.350 e. The Morgan fingerprint density at radius 1 is 1.12 bits per heavy atom. The molecule has 1 fully saturated rings. The fourth-order valence-corrected chi connectivity index (χ4v) is 4.19. The molecule has 1 rings (SSSR count). The summed E-state index contributed by atoms with van der Waals surface area (Å²) in [6, 6.07) is -0.750. The maximum absolute atomic E-state index is 13.3. The van der Waals surface area contributed by atoms with E-state index in [4.69, 9.17) is 0 Å². The highest BCUT2D eigenvalue weighted by molar-refractivity contribution is 5.97. The molecule has 0 unspecified atom stereocenters. The lowest BCUT2D eigenvalue weighted by Gasteiger charge is -2.31. The van der Waals surface area contributed by atoms with E-state index in [-0.39, 0.29) is 36.2 Å². The van der Waals surface area contributed by atoms with Crippen LogP contribution in [0.15, 0.2) is 11.6 Å². The monoisotopic (exact) mass is 465 g/mol. The van der Waals surface area contributed by atoms with Crippen molar-refractivity contribution in [2.75, 3.05) is 53.4 Å². The first-order valence-corrected chi connectivity index (χ1v) is 12.0. The molecule has 0 spiro atoms. The summed E-state index contributed by atoms with van der Waals surface area (Å²) in [4.78, 5) is 56.5. The molecule has 0 aromatic heterocycles. The maximum atomic E-state index is 13.3. The molecule has 0 aromatic rings. The second-order valence-electron chi connectivity index (χ2n) is 9.03. The molecular weight excluding hydrogens is 422 g/mol. The van der Waals surface area contributed by atoms with Gasteiger partial charge in [-0.3, -0.25) is 19.2 Å². The minimum atomic E-state index is -0.448. The summed E-state index contributed by atoms with van der Waals surface area (Å²) in [5, 5.41) is 2.38. The van der Waals surface area contributed by atoms with E-state index in [0.717, 1.165) is 26.1 Å². The van der Waals surface area contributed by atoms with Crippen LogP contribution in [0.1, 0.15) is 47.5 Å². The number of hydrogen-bond acceptors (Lipinski definition) is 5. The summed E-state index contributed by atoms with van der Waals surface area (Å²) in [5.74, 6) is -0.351. The van der Waals surface area contributed by atoms with E-state index in [2.05, 4.69) is 24.1 Å². The molecule has 1 aliphatic heterocycles. The summed E-state index contributed by atoms with van der Waals surface area (Å²) in [6.07, 6.45) is 3.75. The quantitative estimate of drug-likeness (QED) is 0.323. The van der Waals surface area contributed by atoms with Crippen LogP contribution in [-0.2, 0) is 19.2 Å². The van der Waals surface area contributed by atoms with Crippen LogP contribution in [0.4, 0.5) is 0 Å². The van der Waals surface area contributed by atoms with Gasteiger partial charge in [-0.25, -0.2) is 0 Å². The molecular formula is C24H43N5O4. The van der Waals surface area contributed by atoms with Gasteiger partial charge in [-0.15, -0.1) is 0 Å². The van der Waals surface area contributed by atoms with Crippen molar-refractivity contribution in [2.45, 2.75) is 59.5 Å². The van der Waals surface area contributed by atoms with Crippen LogP contribution in [-0.4, -0.2) is 109 Å². The molecule has 1 aliphatic rings. The van der Waals surface area contributed by atoms with Crippen LogP contribution in [0.2, 0.25) is 0 Å². The van der Waals surface area contributed by atoms with Gasteiger partial charge in [-0.2, -0.15) is 0 Å². The van der Waals surface area contributed by atoms with Crippen LogP contribution < -0.4 is 5.32 Å². The highest BCUT2D eigenvalue weighted by Gasteiger charge is 2.36. The molecule has 1 saturated heterocycles. The van der Waals surface area contributed by atoms with Gasteiger partial charge in [0.2, 0.25) is 24.1 Å². The summed E-state index contributed by atoms with van der Waals surface area (Å²) in [5.41, 5.74) is 0.516. The molecule has 9 heteroatoms. The fourth-order valence-electron chi connectivity index (χ4n) is 4.19. The van der Waals surface area contributed by atoms with E-state index in [0.29, 0.717) is 31.5 Å². The van der Waals surface area contributed by atoms with Crippen molar-refractivity contribution < 1.29 is 19.2 Å². The SMILES string of the molecule is CCN(CC)CCN(C)C(=O)[C@@H]1CCCN1C(=O)C(C)=C[C@H](C(C)C)N(C)C(=O)CNC=O. The molecule has 4 amide bonds. The van der Waals surface area contributed by atoms with Crippen LogP contribution >= 0.6 is 0 Å². The molecule has 0 saturated carbocycles. The van der Waals surface area contributed by atoms with Gasteiger partial charge < -0.3 is 24.9 Å². The Labute approximate surface area is 199 Å². The number of rotatable bonds is 13. The number of hydrogen-bond donors (Lipinski definition) is 1. The molecule has 1 heterocycles. The van der Waals surface area contributed by atoms with Crippen molar-refractivity contribution in [3.63, 3.8) is 0 Å². The van der Waals surface area contributed by atoms with E-state index in [9.17, 15) is 19.2 Å². The minimum absolute atomic E-state index is 0.0200. The average Bonchev–Trinajstić information content (AvgIpc) is 3.29. The summed E-state index contributed by atoms with van der Waals surface area (Å²) in [7, 11) is 3.47. The highest BCUT2D eigenvalue weighted by atomic mass is 16.2. The molecule has 2 atom stereocenters. The molecule has 188 valence electrons. The van der Waals surface area contributed by atoms with Gasteiger partial charge in [-0.05, 0) is 38.8 Å². The first kappa shape index (κ1) is 28.6. The number of nitrogens with zero attached hydrogens (tertiary/aromatic N) is 4. The van der Waals surface area contributed by atoms with Crippen LogP contribution in [0.5, 0.6) is 0 Å². The molecule has 1 N–H and O–H groups in total. The number of carbonyl (C=O) groups is 4. The van der Waals surface area contributed by atoms with Crippen molar-refractivity contribution >= 4 is 24.1 Å². The molecule has 0 radical (unpaired) electrons. The van der Waals surface area contributed by atoms with E-state index < -0.39 is 6.04 Å². The van der Waals surface area contributed by atoms with E-state index in [1.165, 1.54) is 0 Å². The predicted molar refractivity (Wildman–Crippen MR) is 129 cm³/mol. The Kier molecular flexibility index (Phi) is 12.1. The van der Waals surface area contributed by atoms with Crippen LogP contribution in [0.25, 0.3) is 0 Å². The van der Waals surface area contributed by atoms with Crippen molar-refractivity contribution in [2.24, 2.45) is 5.92 Å². The Morgan fingerprint density at radius 3 is 2.30 bits per heavy atom.